The van der Waals surface area contributed by atoms with Gasteiger partial charge < -0.3 is 9.84 Å². The molecule has 0 heterocycles. The minimum atomic E-state index is -0.937. The van der Waals surface area contributed by atoms with Crippen molar-refractivity contribution in [1.82, 2.24) is 0 Å². The van der Waals surface area contributed by atoms with E-state index in [1.807, 2.05) is 52.0 Å². The first-order valence-electron chi connectivity index (χ1n) is 7.18. The second-order valence-electron chi connectivity index (χ2n) is 6.69. The summed E-state index contributed by atoms with van der Waals surface area (Å²) < 4.78 is 5.51. The Hall–Kier alpha value is -1.35. The number of fused-ring (bicyclic) bond motifs is 1. The summed E-state index contributed by atoms with van der Waals surface area (Å²) >= 11 is 0. The SMILES string of the molecule is CC(=O)O[C@@H](C(C)C)C(C)(C)[C@@]1(O)Cc2ccccc21. The summed E-state index contributed by atoms with van der Waals surface area (Å²) in [4.78, 5) is 11.4. The Morgan fingerprint density at radius 3 is 2.45 bits per heavy atom. The van der Waals surface area contributed by atoms with E-state index >= 15 is 0 Å². The van der Waals surface area contributed by atoms with Crippen LogP contribution in [0.1, 0.15) is 45.7 Å². The number of ether oxygens (including phenoxy) is 1. The molecule has 1 aliphatic rings. The standard InChI is InChI=1S/C17H24O3/c1-11(2)15(20-12(3)18)16(4,5)17(19)10-13-8-6-7-9-14(13)17/h6-9,11,15,19H,10H2,1-5H3/t15-,17+/m0/s1. The molecule has 0 radical (unpaired) electrons. The molecule has 0 aromatic heterocycles. The molecule has 0 fully saturated rings. The van der Waals surface area contributed by atoms with Crippen molar-refractivity contribution in [2.45, 2.75) is 52.7 Å². The van der Waals surface area contributed by atoms with Gasteiger partial charge in [0.05, 0.1) is 0 Å². The van der Waals surface area contributed by atoms with Gasteiger partial charge in [-0.25, -0.2) is 0 Å². The minimum absolute atomic E-state index is 0.144. The number of rotatable bonds is 4. The maximum absolute atomic E-state index is 11.4. The third kappa shape index (κ3) is 2.14. The van der Waals surface area contributed by atoms with Crippen molar-refractivity contribution in [3.63, 3.8) is 0 Å². The molecule has 0 unspecified atom stereocenters. The lowest BCUT2D eigenvalue weighted by molar-refractivity contribution is -0.187. The number of hydrogen-bond donors (Lipinski definition) is 1. The summed E-state index contributed by atoms with van der Waals surface area (Å²) in [6.07, 6.45) is 0.291. The van der Waals surface area contributed by atoms with Crippen LogP contribution in [-0.4, -0.2) is 17.2 Å². The molecule has 20 heavy (non-hydrogen) atoms. The van der Waals surface area contributed by atoms with Crippen molar-refractivity contribution >= 4 is 5.97 Å². The van der Waals surface area contributed by atoms with Gasteiger partial charge in [0.25, 0.3) is 0 Å². The van der Waals surface area contributed by atoms with E-state index < -0.39 is 11.0 Å². The maximum atomic E-state index is 11.4. The molecule has 1 aliphatic carbocycles. The van der Waals surface area contributed by atoms with Crippen LogP contribution in [0.25, 0.3) is 0 Å². The number of esters is 1. The minimum Gasteiger partial charge on any atom is -0.462 e. The molecule has 0 saturated heterocycles. The van der Waals surface area contributed by atoms with Gasteiger partial charge in [0.2, 0.25) is 0 Å². The molecule has 3 nitrogen and oxygen atoms in total. The first kappa shape index (κ1) is 15.0. The van der Waals surface area contributed by atoms with Crippen molar-refractivity contribution in [2.24, 2.45) is 11.3 Å². The number of carbonyl (C=O) groups is 1. The van der Waals surface area contributed by atoms with Crippen LogP contribution < -0.4 is 0 Å². The van der Waals surface area contributed by atoms with Crippen LogP contribution in [0, 0.1) is 11.3 Å². The molecule has 1 aromatic rings. The van der Waals surface area contributed by atoms with E-state index in [9.17, 15) is 9.90 Å². The van der Waals surface area contributed by atoms with Crippen molar-refractivity contribution in [2.75, 3.05) is 0 Å². The first-order chi connectivity index (χ1) is 9.20. The fraction of sp³-hybridized carbons (Fsp3) is 0.588. The van der Waals surface area contributed by atoms with Gasteiger partial charge in [-0.1, -0.05) is 52.0 Å². The van der Waals surface area contributed by atoms with E-state index in [4.69, 9.17) is 4.74 Å². The monoisotopic (exact) mass is 276 g/mol. The lowest BCUT2D eigenvalue weighted by atomic mass is 9.56. The highest BCUT2D eigenvalue weighted by molar-refractivity contribution is 5.66. The fourth-order valence-corrected chi connectivity index (χ4v) is 3.45. The Morgan fingerprint density at radius 1 is 1.35 bits per heavy atom. The Kier molecular flexibility index (Phi) is 3.67. The molecule has 2 rings (SSSR count). The van der Waals surface area contributed by atoms with Crippen molar-refractivity contribution < 1.29 is 14.6 Å². The topological polar surface area (TPSA) is 46.5 Å². The number of carbonyl (C=O) groups excluding carboxylic acids is 1. The summed E-state index contributed by atoms with van der Waals surface area (Å²) in [7, 11) is 0. The zero-order valence-corrected chi connectivity index (χ0v) is 12.9. The van der Waals surface area contributed by atoms with Crippen LogP contribution in [0.4, 0.5) is 0 Å². The number of hydrogen-bond acceptors (Lipinski definition) is 3. The molecular formula is C17H24O3. The highest BCUT2D eigenvalue weighted by Gasteiger charge is 2.56. The van der Waals surface area contributed by atoms with Gasteiger partial charge in [-0.05, 0) is 17.0 Å². The average molecular weight is 276 g/mol. The molecule has 2 atom stereocenters. The zero-order valence-electron chi connectivity index (χ0n) is 12.9. The van der Waals surface area contributed by atoms with Gasteiger partial charge in [-0.2, -0.15) is 0 Å². The predicted octanol–water partition coefficient (Wildman–Crippen LogP) is 3.04. The van der Waals surface area contributed by atoms with Gasteiger partial charge in [0, 0.05) is 18.8 Å². The van der Waals surface area contributed by atoms with Gasteiger partial charge in [-0.3, -0.25) is 4.79 Å². The molecule has 1 aromatic carbocycles. The molecule has 1 N–H and O–H groups in total. The van der Waals surface area contributed by atoms with Gasteiger partial charge in [-0.15, -0.1) is 0 Å². The largest absolute Gasteiger partial charge is 0.462 e. The molecule has 110 valence electrons. The summed E-state index contributed by atoms with van der Waals surface area (Å²) in [5.74, 6) is -0.154. The van der Waals surface area contributed by atoms with Crippen LogP contribution in [0.15, 0.2) is 24.3 Å². The second kappa shape index (κ2) is 4.88. The average Bonchev–Trinajstić information content (AvgIpc) is 2.33. The molecule has 0 amide bonds. The molecular weight excluding hydrogens is 252 g/mol. The summed E-state index contributed by atoms with van der Waals surface area (Å²) in [5, 5.41) is 11.1. The van der Waals surface area contributed by atoms with E-state index in [1.54, 1.807) is 0 Å². The van der Waals surface area contributed by atoms with E-state index in [2.05, 4.69) is 0 Å². The van der Waals surface area contributed by atoms with Crippen LogP contribution >= 0.6 is 0 Å². The van der Waals surface area contributed by atoms with Crippen LogP contribution in [-0.2, 0) is 21.6 Å². The quantitative estimate of drug-likeness (QED) is 0.860. The van der Waals surface area contributed by atoms with Crippen LogP contribution in [0.3, 0.4) is 0 Å². The normalized spacial score (nSPS) is 22.9. The van der Waals surface area contributed by atoms with E-state index in [0.717, 1.165) is 5.56 Å². The molecule has 0 spiro atoms. The van der Waals surface area contributed by atoms with Crippen molar-refractivity contribution in [3.05, 3.63) is 35.4 Å². The van der Waals surface area contributed by atoms with Crippen molar-refractivity contribution in [1.29, 1.82) is 0 Å². The molecule has 0 aliphatic heterocycles. The van der Waals surface area contributed by atoms with Gasteiger partial charge in [0.1, 0.15) is 11.7 Å². The smallest absolute Gasteiger partial charge is 0.302 e. The Balaban J connectivity index is 2.37. The van der Waals surface area contributed by atoms with E-state index in [0.29, 0.717) is 6.42 Å². The lowest BCUT2D eigenvalue weighted by Gasteiger charge is -2.53. The summed E-state index contributed by atoms with van der Waals surface area (Å²) in [6.45, 7) is 9.42. The second-order valence-corrected chi connectivity index (χ2v) is 6.69. The third-order valence-electron chi connectivity index (χ3n) is 4.58. The highest BCUT2D eigenvalue weighted by Crippen LogP contribution is 2.53. The zero-order chi connectivity index (χ0) is 15.1. The Labute approximate surface area is 121 Å². The molecule has 0 saturated carbocycles. The third-order valence-corrected chi connectivity index (χ3v) is 4.58. The first-order valence-corrected chi connectivity index (χ1v) is 7.18. The van der Waals surface area contributed by atoms with E-state index in [-0.39, 0.29) is 18.0 Å². The fourth-order valence-electron chi connectivity index (χ4n) is 3.45. The lowest BCUT2D eigenvalue weighted by Crippen LogP contribution is -2.57. The Morgan fingerprint density at radius 2 is 1.95 bits per heavy atom. The maximum Gasteiger partial charge on any atom is 0.302 e. The van der Waals surface area contributed by atoms with E-state index in [1.165, 1.54) is 12.5 Å². The van der Waals surface area contributed by atoms with Crippen LogP contribution in [0.5, 0.6) is 0 Å². The van der Waals surface area contributed by atoms with Gasteiger partial charge in [0.15, 0.2) is 0 Å². The van der Waals surface area contributed by atoms with Gasteiger partial charge >= 0.3 is 5.97 Å². The molecule has 3 heteroatoms. The summed E-state index contributed by atoms with van der Waals surface area (Å²) in [6, 6.07) is 7.93. The molecule has 0 bridgehead atoms. The predicted molar refractivity (Wildman–Crippen MR) is 78.2 cm³/mol. The number of aliphatic hydroxyl groups is 1. The number of benzene rings is 1. The Bertz CT molecular complexity index is 519. The summed E-state index contributed by atoms with van der Waals surface area (Å²) in [5.41, 5.74) is 0.658. The highest BCUT2D eigenvalue weighted by atomic mass is 16.5. The van der Waals surface area contributed by atoms with Crippen LogP contribution in [0.2, 0.25) is 0 Å². The van der Waals surface area contributed by atoms with Crippen molar-refractivity contribution in [3.8, 4) is 0 Å².